The number of halogens is 1. The van der Waals surface area contributed by atoms with Crippen molar-refractivity contribution in [3.63, 3.8) is 0 Å². The highest BCUT2D eigenvalue weighted by atomic mass is 35.5. The largest absolute Gasteiger partial charge is 0.491 e. The monoisotopic (exact) mass is 865 g/mol. The van der Waals surface area contributed by atoms with Crippen LogP contribution in [0.1, 0.15) is 67.2 Å². The molecule has 6 fully saturated rings. The first-order valence-corrected chi connectivity index (χ1v) is 22.3. The number of fused-ring (bicyclic) bond motifs is 2. The van der Waals surface area contributed by atoms with Gasteiger partial charge in [-0.3, -0.25) is 9.59 Å². The lowest BCUT2D eigenvalue weighted by atomic mass is 9.85. The van der Waals surface area contributed by atoms with E-state index >= 15 is 0 Å². The number of thiazole rings is 1. The number of carboxylic acids is 1. The van der Waals surface area contributed by atoms with Crippen LogP contribution in [0.25, 0.3) is 22.3 Å². The molecule has 4 unspecified atom stereocenters. The second-order valence-corrected chi connectivity index (χ2v) is 20.1. The zero-order valence-electron chi connectivity index (χ0n) is 35.4. The Morgan fingerprint density at radius 1 is 1.08 bits per heavy atom. The van der Waals surface area contributed by atoms with Gasteiger partial charge in [0.2, 0.25) is 11.8 Å². The molecule has 9 rings (SSSR count). The minimum atomic E-state index is -1.41. The fourth-order valence-corrected chi connectivity index (χ4v) is 10.6. The van der Waals surface area contributed by atoms with Gasteiger partial charge >= 0.3 is 12.1 Å². The van der Waals surface area contributed by atoms with E-state index in [0.29, 0.717) is 88.5 Å². The summed E-state index contributed by atoms with van der Waals surface area (Å²) >= 11 is 8.47. The van der Waals surface area contributed by atoms with Gasteiger partial charge in [-0.2, -0.15) is 0 Å². The smallest absolute Gasteiger partial charge is 0.408 e. The Hall–Kier alpha value is -4.41. The van der Waals surface area contributed by atoms with Crippen molar-refractivity contribution >= 4 is 62.8 Å². The number of carbonyl (C=O) groups is 4. The number of hydrogen-bond acceptors (Lipinski definition) is 12. The number of hydrogen-bond donors (Lipinski definition) is 4. The molecule has 1 saturated heterocycles. The lowest BCUT2D eigenvalue weighted by Crippen LogP contribution is -2.59. The average molecular weight is 866 g/mol. The van der Waals surface area contributed by atoms with Crippen molar-refractivity contribution in [1.82, 2.24) is 30.4 Å². The van der Waals surface area contributed by atoms with Gasteiger partial charge in [-0.25, -0.2) is 19.6 Å². The number of likely N-dealkylation sites (tertiary alicyclic amines) is 1. The van der Waals surface area contributed by atoms with Crippen molar-refractivity contribution < 1.29 is 38.5 Å². The topological polar surface area (TPSA) is 185 Å². The van der Waals surface area contributed by atoms with Crippen LogP contribution in [0.4, 0.5) is 9.93 Å². The quantitative estimate of drug-likeness (QED) is 0.134. The molecule has 1 aliphatic heterocycles. The number of aromatic nitrogens is 2. The fraction of sp³-hybridized carbons (Fsp3) is 0.628. The van der Waals surface area contributed by atoms with Gasteiger partial charge < -0.3 is 45.1 Å². The zero-order chi connectivity index (χ0) is 43.0. The first kappa shape index (κ1) is 42.3. The molecule has 60 heavy (non-hydrogen) atoms. The summed E-state index contributed by atoms with van der Waals surface area (Å²) in [6, 6.07) is 3.38. The fourth-order valence-electron chi connectivity index (χ4n) is 9.44. The Balaban J connectivity index is 1.10. The molecule has 3 aromatic rings. The Bertz CT molecular complexity index is 2180. The van der Waals surface area contributed by atoms with Crippen LogP contribution in [0.5, 0.6) is 11.5 Å². The third-order valence-electron chi connectivity index (χ3n) is 12.9. The molecule has 5 aliphatic carbocycles. The van der Waals surface area contributed by atoms with E-state index in [1.807, 2.05) is 72.0 Å². The van der Waals surface area contributed by atoms with Crippen molar-refractivity contribution in [3.05, 3.63) is 28.6 Å². The number of alkyl carbamates (subject to hydrolysis) is 1. The summed E-state index contributed by atoms with van der Waals surface area (Å²) in [5, 5.41) is 22.7. The SMILES string of the molecule is CC[C@@H]1CC1(NC(=O)[C@@H]1C[C@@H](Oc2cc(-c3csc(NC(C)C)n3)nc3c(Cl)c(OCCN(C)C)ccc23)CN1C(=O)[C@@H](NC(=O)O[C@@H]1CC2C3C1[C@H]23)C(C)(C)C)C(=O)O. The van der Waals surface area contributed by atoms with Crippen LogP contribution in [0.3, 0.4) is 0 Å². The summed E-state index contributed by atoms with van der Waals surface area (Å²) in [6.45, 7) is 12.5. The number of likely N-dealkylation sites (N-methyl/N-ethyl adjacent to an activating group) is 1. The summed E-state index contributed by atoms with van der Waals surface area (Å²) in [6.07, 6.45) is 0.257. The molecule has 3 amide bonds. The van der Waals surface area contributed by atoms with Gasteiger partial charge in [-0.1, -0.05) is 45.7 Å². The molecule has 1 aromatic carbocycles. The first-order valence-electron chi connectivity index (χ1n) is 21.0. The summed E-state index contributed by atoms with van der Waals surface area (Å²) in [5.41, 5.74) is -0.663. The second-order valence-electron chi connectivity index (χ2n) is 18.8. The molecule has 4 N–H and O–H groups in total. The van der Waals surface area contributed by atoms with E-state index in [4.69, 9.17) is 35.8 Å². The highest BCUT2D eigenvalue weighted by Crippen LogP contribution is 2.82. The van der Waals surface area contributed by atoms with E-state index in [1.54, 1.807) is 12.1 Å². The number of carboxylic acid groups (broad SMARTS) is 1. The normalized spacial score (nSPS) is 28.9. The van der Waals surface area contributed by atoms with Crippen LogP contribution >= 0.6 is 22.9 Å². The Labute approximate surface area is 359 Å². The molecule has 17 heteroatoms. The van der Waals surface area contributed by atoms with Crippen molar-refractivity contribution in [2.24, 2.45) is 35.0 Å². The summed E-state index contributed by atoms with van der Waals surface area (Å²) in [5.74, 6) is 0.905. The standard InChI is InChI=1S/C43H56ClN7O8S/c1-9-21-17-43(21,39(54)55)49-37(52)27-14-22(18-51(27)38(53)36(42(4,5)6)48-41(56)59-30-15-24-31-32(24)33(30)31)58-29-16-25(26-19-60-40(47-26)45-20(2)3)46-35-23(29)10-11-28(34(35)44)57-13-12-50(7)8/h10-11,16,19-22,24,27,30-33,36H,9,12-15,17-18H2,1-8H3,(H,45,47)(H,48,56)(H,49,52)(H,54,55)/t21-,22-,24?,27+,30-,31-,32?,33?,36-,43?/m1/s1. The van der Waals surface area contributed by atoms with Gasteiger partial charge in [0.15, 0.2) is 5.13 Å². The van der Waals surface area contributed by atoms with Crippen LogP contribution in [0, 0.1) is 35.0 Å². The first-order chi connectivity index (χ1) is 28.4. The predicted molar refractivity (Wildman–Crippen MR) is 227 cm³/mol. The molecule has 3 heterocycles. The number of ether oxygens (including phenoxy) is 3. The lowest BCUT2D eigenvalue weighted by Gasteiger charge is -2.35. The number of aliphatic carboxylic acids is 1. The van der Waals surface area contributed by atoms with Gasteiger partial charge in [0.1, 0.15) is 58.7 Å². The van der Waals surface area contributed by atoms with Crippen LogP contribution in [0.2, 0.25) is 5.02 Å². The van der Waals surface area contributed by atoms with E-state index in [-0.39, 0.29) is 31.0 Å². The number of amides is 3. The number of pyridine rings is 1. The van der Waals surface area contributed by atoms with E-state index in [1.165, 1.54) is 16.2 Å². The molecule has 0 spiro atoms. The zero-order valence-corrected chi connectivity index (χ0v) is 37.0. The summed E-state index contributed by atoms with van der Waals surface area (Å²) in [4.78, 5) is 68.1. The van der Waals surface area contributed by atoms with E-state index in [2.05, 4.69) is 16.0 Å². The third-order valence-corrected chi connectivity index (χ3v) is 14.0. The number of carbonyl (C=O) groups excluding carboxylic acids is 3. The molecule has 15 nitrogen and oxygen atoms in total. The minimum absolute atomic E-state index is 0.0228. The second kappa shape index (κ2) is 15.8. The number of nitrogens with zero attached hydrogens (tertiary/aromatic N) is 4. The molecule has 0 radical (unpaired) electrons. The van der Waals surface area contributed by atoms with Crippen molar-refractivity contribution in [1.29, 1.82) is 0 Å². The Kier molecular flexibility index (Phi) is 11.1. The van der Waals surface area contributed by atoms with Gasteiger partial charge in [0.05, 0.1) is 17.8 Å². The van der Waals surface area contributed by atoms with Crippen molar-refractivity contribution in [2.45, 2.75) is 103 Å². The maximum Gasteiger partial charge on any atom is 0.408 e. The molecule has 10 atom stereocenters. The van der Waals surface area contributed by atoms with Gasteiger partial charge in [-0.15, -0.1) is 11.3 Å². The van der Waals surface area contributed by atoms with Crippen LogP contribution < -0.4 is 25.4 Å². The maximum absolute atomic E-state index is 14.8. The molecular weight excluding hydrogens is 810 g/mol. The maximum atomic E-state index is 14.8. The minimum Gasteiger partial charge on any atom is -0.491 e. The molecular formula is C43H56ClN7O8S. The third kappa shape index (κ3) is 8.06. The van der Waals surface area contributed by atoms with E-state index in [0.717, 1.165) is 11.6 Å². The lowest BCUT2D eigenvalue weighted by molar-refractivity contribution is -0.146. The molecule has 5 saturated carbocycles. The van der Waals surface area contributed by atoms with Crippen LogP contribution in [0.15, 0.2) is 23.6 Å². The highest BCUT2D eigenvalue weighted by Gasteiger charge is 2.81. The summed E-state index contributed by atoms with van der Waals surface area (Å²) < 4.78 is 18.7. The Morgan fingerprint density at radius 2 is 1.83 bits per heavy atom. The number of nitrogens with one attached hydrogen (secondary N) is 3. The van der Waals surface area contributed by atoms with Crippen LogP contribution in [-0.4, -0.2) is 118 Å². The molecule has 6 aliphatic rings. The molecule has 2 bridgehead atoms. The van der Waals surface area contributed by atoms with E-state index < -0.39 is 53.0 Å². The number of anilines is 1. The number of rotatable bonds is 16. The molecule has 2 aromatic heterocycles. The van der Waals surface area contributed by atoms with Crippen molar-refractivity contribution in [3.8, 4) is 22.9 Å². The summed E-state index contributed by atoms with van der Waals surface area (Å²) in [7, 11) is 3.91. The number of benzene rings is 1. The molecule has 324 valence electrons. The van der Waals surface area contributed by atoms with Gasteiger partial charge in [-0.05, 0) is 82.0 Å². The van der Waals surface area contributed by atoms with Crippen molar-refractivity contribution in [2.75, 3.05) is 39.1 Å². The average Bonchev–Trinajstić information content (AvgIpc) is 4.03. The predicted octanol–water partition coefficient (Wildman–Crippen LogP) is 5.90. The Morgan fingerprint density at radius 3 is 2.45 bits per heavy atom. The highest BCUT2D eigenvalue weighted by molar-refractivity contribution is 7.14. The van der Waals surface area contributed by atoms with Gasteiger partial charge in [0, 0.05) is 41.8 Å². The van der Waals surface area contributed by atoms with Gasteiger partial charge in [0.25, 0.3) is 0 Å². The van der Waals surface area contributed by atoms with E-state index in [9.17, 15) is 24.3 Å². The van der Waals surface area contributed by atoms with Crippen LogP contribution in [-0.2, 0) is 19.1 Å².